The van der Waals surface area contributed by atoms with E-state index in [1.807, 2.05) is 115 Å². The van der Waals surface area contributed by atoms with Crippen molar-refractivity contribution < 1.29 is 4.42 Å². The van der Waals surface area contributed by atoms with Crippen molar-refractivity contribution in [1.82, 2.24) is 19.5 Å². The molecule has 0 unspecified atom stereocenters. The summed E-state index contributed by atoms with van der Waals surface area (Å²) >= 11 is 0. The zero-order valence-corrected chi connectivity index (χ0v) is 28.6. The molecular formula is C47H26N6O. The predicted octanol–water partition coefficient (Wildman–Crippen LogP) is 11.3. The molecule has 54 heavy (non-hydrogen) atoms. The number of nitriles is 2. The van der Waals surface area contributed by atoms with Gasteiger partial charge in [-0.3, -0.25) is 0 Å². The number of furan rings is 1. The van der Waals surface area contributed by atoms with Crippen LogP contribution in [0.4, 0.5) is 0 Å². The molecule has 7 aromatic carbocycles. The Morgan fingerprint density at radius 2 is 1.02 bits per heavy atom. The zero-order chi connectivity index (χ0) is 36.2. The molecule has 7 heteroatoms. The molecule has 0 spiro atoms. The van der Waals surface area contributed by atoms with E-state index in [4.69, 9.17) is 19.4 Å². The third kappa shape index (κ3) is 5.00. The third-order valence-electron chi connectivity index (χ3n) is 9.92. The predicted molar refractivity (Wildman–Crippen MR) is 213 cm³/mol. The summed E-state index contributed by atoms with van der Waals surface area (Å²) in [6.07, 6.45) is 0. The van der Waals surface area contributed by atoms with E-state index in [0.717, 1.165) is 77.2 Å². The fraction of sp³-hybridized carbons (Fsp3) is 0. The van der Waals surface area contributed by atoms with E-state index >= 15 is 0 Å². The number of fused-ring (bicyclic) bond motifs is 6. The molecule has 10 aromatic rings. The highest BCUT2D eigenvalue weighted by atomic mass is 16.3. The van der Waals surface area contributed by atoms with Gasteiger partial charge in [0.2, 0.25) is 0 Å². The van der Waals surface area contributed by atoms with Gasteiger partial charge < -0.3 is 8.98 Å². The first kappa shape index (κ1) is 30.9. The van der Waals surface area contributed by atoms with Crippen molar-refractivity contribution in [3.8, 4) is 63.1 Å². The molecule has 0 atom stereocenters. The molecule has 0 aliphatic carbocycles. The van der Waals surface area contributed by atoms with Crippen molar-refractivity contribution in [2.24, 2.45) is 0 Å². The number of hydrogen-bond donors (Lipinski definition) is 0. The summed E-state index contributed by atoms with van der Waals surface area (Å²) in [6.45, 7) is 0. The number of nitrogens with zero attached hydrogens (tertiary/aromatic N) is 6. The van der Waals surface area contributed by atoms with Crippen LogP contribution in [-0.4, -0.2) is 19.5 Å². The van der Waals surface area contributed by atoms with Gasteiger partial charge in [-0.2, -0.15) is 10.5 Å². The average Bonchev–Trinajstić information content (AvgIpc) is 3.79. The molecule has 10 rings (SSSR count). The fourth-order valence-electron chi connectivity index (χ4n) is 7.40. The Balaban J connectivity index is 1.31. The normalized spacial score (nSPS) is 11.3. The third-order valence-corrected chi connectivity index (χ3v) is 9.92. The van der Waals surface area contributed by atoms with Crippen LogP contribution in [0.2, 0.25) is 0 Å². The lowest BCUT2D eigenvalue weighted by Crippen LogP contribution is -2.04. The van der Waals surface area contributed by atoms with Crippen molar-refractivity contribution in [2.75, 3.05) is 0 Å². The Morgan fingerprint density at radius 1 is 0.444 bits per heavy atom. The summed E-state index contributed by atoms with van der Waals surface area (Å²) in [5.74, 6) is 1.60. The second kappa shape index (κ2) is 12.4. The van der Waals surface area contributed by atoms with E-state index in [9.17, 15) is 10.5 Å². The maximum atomic E-state index is 9.85. The number of para-hydroxylation sites is 2. The molecule has 0 aliphatic heterocycles. The topological polar surface area (TPSA) is 104 Å². The summed E-state index contributed by atoms with van der Waals surface area (Å²) in [4.78, 5) is 15.3. The van der Waals surface area contributed by atoms with Crippen LogP contribution in [-0.2, 0) is 0 Å². The average molecular weight is 691 g/mol. The second-order valence-electron chi connectivity index (χ2n) is 13.1. The van der Waals surface area contributed by atoms with Gasteiger partial charge in [-0.25, -0.2) is 15.0 Å². The molecule has 7 nitrogen and oxygen atoms in total. The summed E-state index contributed by atoms with van der Waals surface area (Å²) < 4.78 is 8.67. The van der Waals surface area contributed by atoms with Gasteiger partial charge in [-0.1, -0.05) is 103 Å². The van der Waals surface area contributed by atoms with Gasteiger partial charge in [0, 0.05) is 43.8 Å². The maximum absolute atomic E-state index is 9.85. The van der Waals surface area contributed by atoms with Crippen LogP contribution in [0.15, 0.2) is 162 Å². The van der Waals surface area contributed by atoms with Gasteiger partial charge in [0.15, 0.2) is 17.5 Å². The lowest BCUT2D eigenvalue weighted by atomic mass is 9.98. The molecule has 0 saturated heterocycles. The Morgan fingerprint density at radius 3 is 1.65 bits per heavy atom. The molecule has 0 bridgehead atoms. The highest BCUT2D eigenvalue weighted by Gasteiger charge is 2.22. The van der Waals surface area contributed by atoms with Gasteiger partial charge in [0.05, 0.1) is 40.0 Å². The Bertz CT molecular complexity index is 3060. The fourth-order valence-corrected chi connectivity index (χ4v) is 7.40. The SMILES string of the molecule is N#Cc1ccc2c(c1)c1cc(C#N)ccc1n2-c1ccc(-c2cccc3c2oc2ccccc23)cc1-c1nc(-c2ccccc2)nc(-c2ccccc2)n1. The molecule has 3 heterocycles. The number of hydrogen-bond acceptors (Lipinski definition) is 6. The van der Waals surface area contributed by atoms with E-state index in [1.165, 1.54) is 0 Å². The minimum Gasteiger partial charge on any atom is -0.455 e. The minimum atomic E-state index is 0.494. The highest BCUT2D eigenvalue weighted by Crippen LogP contribution is 2.41. The van der Waals surface area contributed by atoms with Crippen molar-refractivity contribution in [3.05, 3.63) is 169 Å². The largest absolute Gasteiger partial charge is 0.455 e. The lowest BCUT2D eigenvalue weighted by Gasteiger charge is -2.16. The van der Waals surface area contributed by atoms with Gasteiger partial charge in [0.25, 0.3) is 0 Å². The molecule has 0 fully saturated rings. The van der Waals surface area contributed by atoms with Gasteiger partial charge in [-0.15, -0.1) is 0 Å². The van der Waals surface area contributed by atoms with E-state index in [2.05, 4.69) is 59.2 Å². The maximum Gasteiger partial charge on any atom is 0.166 e. The summed E-state index contributed by atoms with van der Waals surface area (Å²) in [5.41, 5.74) is 9.67. The Hall–Kier alpha value is -7.87. The van der Waals surface area contributed by atoms with Crippen molar-refractivity contribution >= 4 is 43.7 Å². The first-order valence-corrected chi connectivity index (χ1v) is 17.5. The van der Waals surface area contributed by atoms with Gasteiger partial charge in [-0.05, 0) is 60.2 Å². The highest BCUT2D eigenvalue weighted by molar-refractivity contribution is 6.11. The Labute approximate surface area is 309 Å². The van der Waals surface area contributed by atoms with E-state index in [1.54, 1.807) is 0 Å². The van der Waals surface area contributed by atoms with Crippen molar-refractivity contribution in [2.45, 2.75) is 0 Å². The van der Waals surface area contributed by atoms with E-state index < -0.39 is 0 Å². The summed E-state index contributed by atoms with van der Waals surface area (Å²) in [5, 5.41) is 23.5. The van der Waals surface area contributed by atoms with Crippen LogP contribution in [0.5, 0.6) is 0 Å². The van der Waals surface area contributed by atoms with Crippen LogP contribution < -0.4 is 0 Å². The van der Waals surface area contributed by atoms with Crippen LogP contribution >= 0.6 is 0 Å². The first-order chi connectivity index (χ1) is 26.7. The zero-order valence-electron chi connectivity index (χ0n) is 28.6. The molecule has 0 amide bonds. The second-order valence-corrected chi connectivity index (χ2v) is 13.1. The number of aromatic nitrogens is 4. The standard InChI is InChI=1S/C47H26N6O/c48-27-29-18-21-40-37(24-29)38-25-30(28-49)19-22-41(38)53(40)42-23-20-33(34-15-9-16-36-35-14-7-8-17-43(35)54-44(34)36)26-39(42)47-51-45(31-10-3-1-4-11-31)50-46(52-47)32-12-5-2-6-13-32/h1-26H. The molecule has 3 aromatic heterocycles. The van der Waals surface area contributed by atoms with Crippen LogP contribution in [0, 0.1) is 22.7 Å². The molecule has 0 saturated carbocycles. The molecular weight excluding hydrogens is 665 g/mol. The molecule has 0 radical (unpaired) electrons. The van der Waals surface area contributed by atoms with Gasteiger partial charge >= 0.3 is 0 Å². The molecule has 0 aliphatic rings. The smallest absolute Gasteiger partial charge is 0.166 e. The first-order valence-electron chi connectivity index (χ1n) is 17.5. The summed E-state index contributed by atoms with van der Waals surface area (Å²) in [6, 6.07) is 56.4. The van der Waals surface area contributed by atoms with Gasteiger partial charge in [0.1, 0.15) is 11.2 Å². The van der Waals surface area contributed by atoms with Crippen LogP contribution in [0.3, 0.4) is 0 Å². The van der Waals surface area contributed by atoms with E-state index in [0.29, 0.717) is 28.6 Å². The lowest BCUT2D eigenvalue weighted by molar-refractivity contribution is 0.670. The number of rotatable bonds is 5. The summed E-state index contributed by atoms with van der Waals surface area (Å²) in [7, 11) is 0. The molecule has 250 valence electrons. The van der Waals surface area contributed by atoms with E-state index in [-0.39, 0.29) is 0 Å². The Kier molecular flexibility index (Phi) is 7.11. The van der Waals surface area contributed by atoms with Crippen molar-refractivity contribution in [1.29, 1.82) is 10.5 Å². The molecule has 0 N–H and O–H groups in total. The van der Waals surface area contributed by atoms with Crippen LogP contribution in [0.1, 0.15) is 11.1 Å². The van der Waals surface area contributed by atoms with Crippen molar-refractivity contribution in [3.63, 3.8) is 0 Å². The quantitative estimate of drug-likeness (QED) is 0.178. The number of benzene rings is 7. The monoisotopic (exact) mass is 690 g/mol. The minimum absolute atomic E-state index is 0.494. The van der Waals surface area contributed by atoms with Crippen LogP contribution in [0.25, 0.3) is 94.7 Å².